The van der Waals surface area contributed by atoms with Crippen molar-refractivity contribution in [2.45, 2.75) is 6.10 Å². The van der Waals surface area contributed by atoms with E-state index in [9.17, 15) is 13.6 Å². The number of hydrogen-bond acceptors (Lipinski definition) is 3. The minimum absolute atomic E-state index is 0.0227. The second kappa shape index (κ2) is 5.53. The van der Waals surface area contributed by atoms with Crippen molar-refractivity contribution in [1.29, 1.82) is 0 Å². The van der Waals surface area contributed by atoms with E-state index in [1.165, 1.54) is 7.11 Å². The molecule has 0 heterocycles. The zero-order valence-electron chi connectivity index (χ0n) is 8.67. The number of ether oxygens (including phenoxy) is 1. The van der Waals surface area contributed by atoms with Crippen molar-refractivity contribution in [2.75, 3.05) is 19.0 Å². The largest absolute Gasteiger partial charge is 0.370 e. The van der Waals surface area contributed by atoms with Crippen LogP contribution in [0.25, 0.3) is 0 Å². The molecule has 0 spiro atoms. The molecule has 0 bridgehead atoms. The van der Waals surface area contributed by atoms with Gasteiger partial charge in [-0.15, -0.1) is 0 Å². The molecule has 1 rings (SSSR count). The van der Waals surface area contributed by atoms with Crippen molar-refractivity contribution in [3.63, 3.8) is 0 Å². The molecule has 0 saturated carbocycles. The van der Waals surface area contributed by atoms with E-state index in [-0.39, 0.29) is 12.2 Å². The van der Waals surface area contributed by atoms with E-state index >= 15 is 0 Å². The molecule has 0 aliphatic heterocycles. The first-order valence-corrected chi connectivity index (χ1v) is 4.57. The number of carbonyl (C=O) groups is 1. The number of methoxy groups -OCH3 is 1. The summed E-state index contributed by atoms with van der Waals surface area (Å²) in [5, 5.41) is 2.25. The second-order valence-electron chi connectivity index (χ2n) is 3.07. The molecule has 0 radical (unpaired) electrons. The van der Waals surface area contributed by atoms with Crippen LogP contribution in [-0.2, 0) is 9.53 Å². The molecule has 16 heavy (non-hydrogen) atoms. The Labute approximate surface area is 91.4 Å². The summed E-state index contributed by atoms with van der Waals surface area (Å²) < 4.78 is 30.5. The maximum atomic E-state index is 13.2. The highest BCUT2D eigenvalue weighted by Gasteiger charge is 2.17. The Kier molecular flexibility index (Phi) is 4.33. The van der Waals surface area contributed by atoms with Crippen LogP contribution in [0, 0.1) is 11.6 Å². The van der Waals surface area contributed by atoms with Crippen molar-refractivity contribution in [3.8, 4) is 0 Å². The number of carbonyl (C=O) groups excluding carboxylic acids is 1. The van der Waals surface area contributed by atoms with E-state index in [1.54, 1.807) is 0 Å². The number of hydrogen-bond donors (Lipinski definition) is 2. The highest BCUT2D eigenvalue weighted by atomic mass is 19.1. The SMILES string of the molecule is COC(CN)C(=O)Nc1ccc(F)cc1F. The first-order chi connectivity index (χ1) is 7.58. The minimum Gasteiger partial charge on any atom is -0.370 e. The van der Waals surface area contributed by atoms with E-state index in [0.717, 1.165) is 12.1 Å². The molecular weight excluding hydrogens is 218 g/mol. The van der Waals surface area contributed by atoms with Gasteiger partial charge in [0.05, 0.1) is 5.69 Å². The minimum atomic E-state index is -0.857. The molecule has 4 nitrogen and oxygen atoms in total. The van der Waals surface area contributed by atoms with Crippen LogP contribution in [0.5, 0.6) is 0 Å². The number of nitrogens with one attached hydrogen (secondary N) is 1. The normalized spacial score (nSPS) is 12.2. The summed E-state index contributed by atoms with van der Waals surface area (Å²) in [5.41, 5.74) is 5.15. The van der Waals surface area contributed by atoms with Gasteiger partial charge in [0.25, 0.3) is 5.91 Å². The number of benzene rings is 1. The van der Waals surface area contributed by atoms with Gasteiger partial charge < -0.3 is 15.8 Å². The molecule has 3 N–H and O–H groups in total. The summed E-state index contributed by atoms with van der Waals surface area (Å²) in [6, 6.07) is 2.86. The Morgan fingerprint density at radius 2 is 2.25 bits per heavy atom. The lowest BCUT2D eigenvalue weighted by Gasteiger charge is -2.13. The topological polar surface area (TPSA) is 64.3 Å². The van der Waals surface area contributed by atoms with Crippen LogP contribution in [0.4, 0.5) is 14.5 Å². The molecule has 0 aromatic heterocycles. The lowest BCUT2D eigenvalue weighted by molar-refractivity contribution is -0.125. The van der Waals surface area contributed by atoms with Crippen molar-refractivity contribution in [3.05, 3.63) is 29.8 Å². The van der Waals surface area contributed by atoms with Gasteiger partial charge in [0.15, 0.2) is 0 Å². The third kappa shape index (κ3) is 2.98. The molecule has 1 aromatic carbocycles. The summed E-state index contributed by atoms with van der Waals surface area (Å²) in [5.74, 6) is -2.13. The van der Waals surface area contributed by atoms with Crippen LogP contribution in [0.15, 0.2) is 18.2 Å². The van der Waals surface area contributed by atoms with Gasteiger partial charge in [-0.1, -0.05) is 0 Å². The summed E-state index contributed by atoms with van der Waals surface area (Å²) in [4.78, 5) is 11.4. The van der Waals surface area contributed by atoms with Gasteiger partial charge in [-0.05, 0) is 12.1 Å². The average Bonchev–Trinajstić information content (AvgIpc) is 2.24. The van der Waals surface area contributed by atoms with Crippen molar-refractivity contribution in [1.82, 2.24) is 0 Å². The Morgan fingerprint density at radius 1 is 1.56 bits per heavy atom. The Bertz CT molecular complexity index is 381. The van der Waals surface area contributed by atoms with E-state index < -0.39 is 23.6 Å². The zero-order chi connectivity index (χ0) is 12.1. The molecule has 1 unspecified atom stereocenters. The number of rotatable bonds is 4. The van der Waals surface area contributed by atoms with Crippen LogP contribution in [-0.4, -0.2) is 25.7 Å². The predicted molar refractivity (Wildman–Crippen MR) is 54.8 cm³/mol. The second-order valence-corrected chi connectivity index (χ2v) is 3.07. The Balaban J connectivity index is 2.76. The molecule has 1 atom stereocenters. The highest BCUT2D eigenvalue weighted by molar-refractivity contribution is 5.94. The zero-order valence-corrected chi connectivity index (χ0v) is 8.67. The summed E-state index contributed by atoms with van der Waals surface area (Å²) in [7, 11) is 1.32. The molecule has 1 aromatic rings. The fourth-order valence-corrected chi connectivity index (χ4v) is 1.11. The van der Waals surface area contributed by atoms with Crippen LogP contribution in [0.2, 0.25) is 0 Å². The van der Waals surface area contributed by atoms with Gasteiger partial charge >= 0.3 is 0 Å². The van der Waals surface area contributed by atoms with Gasteiger partial charge in [0, 0.05) is 19.7 Å². The van der Waals surface area contributed by atoms with Gasteiger partial charge in [-0.2, -0.15) is 0 Å². The van der Waals surface area contributed by atoms with Crippen molar-refractivity contribution < 1.29 is 18.3 Å². The van der Waals surface area contributed by atoms with Gasteiger partial charge in [0.1, 0.15) is 17.7 Å². The summed E-state index contributed by atoms with van der Waals surface area (Å²) >= 11 is 0. The maximum absolute atomic E-state index is 13.2. The molecule has 0 aliphatic rings. The molecule has 88 valence electrons. The Morgan fingerprint density at radius 3 is 2.75 bits per heavy atom. The summed E-state index contributed by atoms with van der Waals surface area (Å²) in [6.45, 7) is -0.0227. The van der Waals surface area contributed by atoms with E-state index in [1.807, 2.05) is 0 Å². The third-order valence-corrected chi connectivity index (χ3v) is 1.98. The van der Waals surface area contributed by atoms with Crippen LogP contribution < -0.4 is 11.1 Å². The number of amides is 1. The van der Waals surface area contributed by atoms with Crippen LogP contribution in [0.3, 0.4) is 0 Å². The first kappa shape index (κ1) is 12.5. The number of halogens is 2. The molecule has 0 aliphatic carbocycles. The average molecular weight is 230 g/mol. The van der Waals surface area contributed by atoms with Gasteiger partial charge in [-0.3, -0.25) is 4.79 Å². The van der Waals surface area contributed by atoms with Gasteiger partial charge in [0.2, 0.25) is 0 Å². The standard InChI is InChI=1S/C10H12F2N2O2/c1-16-9(5-13)10(15)14-8-3-2-6(11)4-7(8)12/h2-4,9H,5,13H2,1H3,(H,14,15). The van der Waals surface area contributed by atoms with Crippen LogP contribution in [0.1, 0.15) is 0 Å². The van der Waals surface area contributed by atoms with E-state index in [2.05, 4.69) is 5.32 Å². The molecule has 0 saturated heterocycles. The fourth-order valence-electron chi connectivity index (χ4n) is 1.11. The molecule has 0 fully saturated rings. The van der Waals surface area contributed by atoms with E-state index in [0.29, 0.717) is 6.07 Å². The summed E-state index contributed by atoms with van der Waals surface area (Å²) in [6.07, 6.45) is -0.857. The van der Waals surface area contributed by atoms with Crippen LogP contribution >= 0.6 is 0 Å². The van der Waals surface area contributed by atoms with Crippen molar-refractivity contribution in [2.24, 2.45) is 5.73 Å². The highest BCUT2D eigenvalue weighted by Crippen LogP contribution is 2.15. The predicted octanol–water partition coefficient (Wildman–Crippen LogP) is 0.877. The Hall–Kier alpha value is -1.53. The first-order valence-electron chi connectivity index (χ1n) is 4.57. The number of anilines is 1. The quantitative estimate of drug-likeness (QED) is 0.806. The molecular formula is C10H12F2N2O2. The van der Waals surface area contributed by atoms with Crippen molar-refractivity contribution >= 4 is 11.6 Å². The van der Waals surface area contributed by atoms with E-state index in [4.69, 9.17) is 10.5 Å². The number of nitrogens with two attached hydrogens (primary N) is 1. The lowest BCUT2D eigenvalue weighted by Crippen LogP contribution is -2.36. The lowest BCUT2D eigenvalue weighted by atomic mass is 10.2. The molecule has 1 amide bonds. The monoisotopic (exact) mass is 230 g/mol. The third-order valence-electron chi connectivity index (χ3n) is 1.98. The smallest absolute Gasteiger partial charge is 0.254 e. The van der Waals surface area contributed by atoms with Gasteiger partial charge in [-0.25, -0.2) is 8.78 Å². The maximum Gasteiger partial charge on any atom is 0.254 e. The molecule has 6 heteroatoms. The fraction of sp³-hybridized carbons (Fsp3) is 0.300.